The number of hydrogen-bond acceptors (Lipinski definition) is 8. The zero-order valence-electron chi connectivity index (χ0n) is 21.7. The Morgan fingerprint density at radius 3 is 1.64 bits per heavy atom. The van der Waals surface area contributed by atoms with Gasteiger partial charge in [0.2, 0.25) is 0 Å². The molecule has 2 saturated carbocycles. The maximum Gasteiger partial charge on any atom is 0.330 e. The van der Waals surface area contributed by atoms with Crippen molar-refractivity contribution in [1.29, 1.82) is 0 Å². The standard InChI is InChI=1S/C28H44O8/c1-3-26(29)33-18-6-5-17-32-21-36-25-15-13-23(14-16-25)22-9-11-24(12-10-22)28(31)35-20-8-7-19-34-27(30)4-2/h3-4,22-25H,1-2,5-21H2. The second-order valence-electron chi connectivity index (χ2n) is 9.67. The van der Waals surface area contributed by atoms with E-state index in [1.165, 1.54) is 18.9 Å². The number of rotatable bonds is 17. The number of unbranched alkanes of at least 4 members (excludes halogenated alkanes) is 2. The van der Waals surface area contributed by atoms with Crippen LogP contribution in [0.1, 0.15) is 77.0 Å². The quantitative estimate of drug-likeness (QED) is 0.0899. The molecule has 0 unspecified atom stereocenters. The highest BCUT2D eigenvalue weighted by Crippen LogP contribution is 2.40. The lowest BCUT2D eigenvalue weighted by molar-refractivity contribution is -0.150. The molecule has 0 amide bonds. The second-order valence-corrected chi connectivity index (χ2v) is 9.67. The summed E-state index contributed by atoms with van der Waals surface area (Å²) in [6, 6.07) is 0. The number of carbonyl (C=O) groups excluding carboxylic acids is 3. The van der Waals surface area contributed by atoms with Gasteiger partial charge in [0.15, 0.2) is 0 Å². The largest absolute Gasteiger partial charge is 0.465 e. The summed E-state index contributed by atoms with van der Waals surface area (Å²) in [7, 11) is 0. The molecular weight excluding hydrogens is 464 g/mol. The minimum atomic E-state index is -0.423. The molecular formula is C28H44O8. The van der Waals surface area contributed by atoms with Gasteiger partial charge in [-0.15, -0.1) is 0 Å². The normalized spacial score (nSPS) is 23.9. The Morgan fingerprint density at radius 1 is 0.639 bits per heavy atom. The molecule has 0 aromatic rings. The number of hydrogen-bond donors (Lipinski definition) is 0. The van der Waals surface area contributed by atoms with Crippen molar-refractivity contribution in [2.45, 2.75) is 83.2 Å². The van der Waals surface area contributed by atoms with E-state index in [0.717, 1.165) is 63.4 Å². The first-order valence-electron chi connectivity index (χ1n) is 13.5. The molecule has 2 fully saturated rings. The van der Waals surface area contributed by atoms with Gasteiger partial charge in [-0.3, -0.25) is 4.79 Å². The van der Waals surface area contributed by atoms with Gasteiger partial charge in [0, 0.05) is 18.8 Å². The van der Waals surface area contributed by atoms with E-state index in [1.807, 2.05) is 0 Å². The van der Waals surface area contributed by atoms with Crippen LogP contribution >= 0.6 is 0 Å². The lowest BCUT2D eigenvalue weighted by Gasteiger charge is -2.37. The van der Waals surface area contributed by atoms with Crippen molar-refractivity contribution in [2.75, 3.05) is 33.2 Å². The van der Waals surface area contributed by atoms with E-state index in [0.29, 0.717) is 52.0 Å². The number of carbonyl (C=O) groups is 3. The fraction of sp³-hybridized carbons (Fsp3) is 0.750. The Morgan fingerprint density at radius 2 is 1.11 bits per heavy atom. The molecule has 0 N–H and O–H groups in total. The average Bonchev–Trinajstić information content (AvgIpc) is 2.92. The van der Waals surface area contributed by atoms with E-state index in [-0.39, 0.29) is 24.0 Å². The third-order valence-electron chi connectivity index (χ3n) is 7.17. The Bertz CT molecular complexity index is 675. The molecule has 0 heterocycles. The van der Waals surface area contributed by atoms with Crippen LogP contribution < -0.4 is 0 Å². The van der Waals surface area contributed by atoms with E-state index in [2.05, 4.69) is 13.2 Å². The summed E-state index contributed by atoms with van der Waals surface area (Å²) in [5.41, 5.74) is 0. The van der Waals surface area contributed by atoms with Gasteiger partial charge in [-0.1, -0.05) is 13.2 Å². The van der Waals surface area contributed by atoms with E-state index in [9.17, 15) is 14.4 Å². The Labute approximate surface area is 215 Å². The smallest absolute Gasteiger partial charge is 0.330 e. The molecule has 8 heteroatoms. The van der Waals surface area contributed by atoms with Crippen LogP contribution in [0.5, 0.6) is 0 Å². The van der Waals surface area contributed by atoms with E-state index in [1.54, 1.807) is 0 Å². The third-order valence-corrected chi connectivity index (χ3v) is 7.17. The van der Waals surface area contributed by atoms with Gasteiger partial charge in [-0.2, -0.15) is 0 Å². The maximum atomic E-state index is 12.4. The van der Waals surface area contributed by atoms with Gasteiger partial charge in [-0.25, -0.2) is 9.59 Å². The van der Waals surface area contributed by atoms with Crippen molar-refractivity contribution in [3.8, 4) is 0 Å². The summed E-state index contributed by atoms with van der Waals surface area (Å²) < 4.78 is 26.7. The molecule has 2 aliphatic rings. The zero-order chi connectivity index (χ0) is 26.0. The highest BCUT2D eigenvalue weighted by atomic mass is 16.7. The van der Waals surface area contributed by atoms with Gasteiger partial charge in [0.1, 0.15) is 6.79 Å². The van der Waals surface area contributed by atoms with Crippen LogP contribution in [0.25, 0.3) is 0 Å². The fourth-order valence-corrected chi connectivity index (χ4v) is 5.02. The topological polar surface area (TPSA) is 97.4 Å². The molecule has 204 valence electrons. The minimum absolute atomic E-state index is 0.0192. The van der Waals surface area contributed by atoms with Crippen LogP contribution in [0.15, 0.2) is 25.3 Å². The highest BCUT2D eigenvalue weighted by molar-refractivity contribution is 5.81. The molecule has 2 aliphatic carbocycles. The lowest BCUT2D eigenvalue weighted by atomic mass is 9.70. The first kappa shape index (κ1) is 30.0. The van der Waals surface area contributed by atoms with Crippen molar-refractivity contribution in [3.63, 3.8) is 0 Å². The molecule has 0 bridgehead atoms. The zero-order valence-corrected chi connectivity index (χ0v) is 21.7. The van der Waals surface area contributed by atoms with Gasteiger partial charge < -0.3 is 23.7 Å². The second kappa shape index (κ2) is 18.1. The molecule has 0 aliphatic heterocycles. The van der Waals surface area contributed by atoms with Gasteiger partial charge in [0.05, 0.1) is 31.8 Å². The molecule has 2 rings (SSSR count). The monoisotopic (exact) mass is 508 g/mol. The molecule has 0 saturated heterocycles. The summed E-state index contributed by atoms with van der Waals surface area (Å²) >= 11 is 0. The molecule has 0 aromatic heterocycles. The minimum Gasteiger partial charge on any atom is -0.465 e. The van der Waals surface area contributed by atoms with Gasteiger partial charge in [-0.05, 0) is 88.9 Å². The van der Waals surface area contributed by atoms with Crippen LogP contribution in [-0.4, -0.2) is 57.2 Å². The van der Waals surface area contributed by atoms with Gasteiger partial charge in [0.25, 0.3) is 0 Å². The fourth-order valence-electron chi connectivity index (χ4n) is 5.02. The molecule has 0 spiro atoms. The Balaban J connectivity index is 1.46. The average molecular weight is 509 g/mol. The molecule has 0 atom stereocenters. The summed E-state index contributed by atoms with van der Waals surface area (Å²) in [6.07, 6.45) is 14.0. The van der Waals surface area contributed by atoms with Crippen molar-refractivity contribution in [3.05, 3.63) is 25.3 Å². The highest BCUT2D eigenvalue weighted by Gasteiger charge is 2.33. The summed E-state index contributed by atoms with van der Waals surface area (Å²) in [5.74, 6) is 0.546. The maximum absolute atomic E-state index is 12.4. The Kier molecular flexibility index (Phi) is 15.1. The van der Waals surface area contributed by atoms with Crippen molar-refractivity contribution in [1.82, 2.24) is 0 Å². The number of esters is 3. The van der Waals surface area contributed by atoms with Gasteiger partial charge >= 0.3 is 17.9 Å². The number of ether oxygens (including phenoxy) is 5. The Hall–Kier alpha value is -2.19. The summed E-state index contributed by atoms with van der Waals surface area (Å²) in [5, 5.41) is 0. The SMILES string of the molecule is C=CC(=O)OCCCCOCOC1CCC(C2CCC(C(=O)OCCCCOC(=O)C=C)CC2)CC1. The molecule has 0 radical (unpaired) electrons. The third kappa shape index (κ3) is 12.2. The van der Waals surface area contributed by atoms with E-state index < -0.39 is 5.97 Å². The van der Waals surface area contributed by atoms with Crippen molar-refractivity contribution >= 4 is 17.9 Å². The van der Waals surface area contributed by atoms with Crippen LogP contribution in [0, 0.1) is 17.8 Å². The lowest BCUT2D eigenvalue weighted by Crippen LogP contribution is -2.31. The van der Waals surface area contributed by atoms with E-state index >= 15 is 0 Å². The summed E-state index contributed by atoms with van der Waals surface area (Å²) in [4.78, 5) is 34.3. The molecule has 8 nitrogen and oxygen atoms in total. The first-order chi connectivity index (χ1) is 17.5. The molecule has 0 aromatic carbocycles. The molecule has 36 heavy (non-hydrogen) atoms. The van der Waals surface area contributed by atoms with Crippen molar-refractivity contribution < 1.29 is 38.1 Å². The predicted octanol–water partition coefficient (Wildman–Crippen LogP) is 4.90. The summed E-state index contributed by atoms with van der Waals surface area (Å²) in [6.45, 7) is 8.71. The van der Waals surface area contributed by atoms with Crippen molar-refractivity contribution in [2.24, 2.45) is 17.8 Å². The predicted molar refractivity (Wildman–Crippen MR) is 135 cm³/mol. The first-order valence-corrected chi connectivity index (χ1v) is 13.5. The van der Waals surface area contributed by atoms with Crippen LogP contribution in [0.2, 0.25) is 0 Å². The van der Waals surface area contributed by atoms with E-state index in [4.69, 9.17) is 23.7 Å². The van der Waals surface area contributed by atoms with Crippen LogP contribution in [0.4, 0.5) is 0 Å². The van der Waals surface area contributed by atoms with Crippen LogP contribution in [0.3, 0.4) is 0 Å². The van der Waals surface area contributed by atoms with Crippen LogP contribution in [-0.2, 0) is 38.1 Å².